The molecule has 3 rings (SSSR count). The lowest BCUT2D eigenvalue weighted by Crippen LogP contribution is -2.34. The fourth-order valence-electron chi connectivity index (χ4n) is 2.67. The summed E-state index contributed by atoms with van der Waals surface area (Å²) in [5.41, 5.74) is 1.79. The summed E-state index contributed by atoms with van der Waals surface area (Å²) in [4.78, 5) is 17.5. The van der Waals surface area contributed by atoms with Crippen molar-refractivity contribution in [3.63, 3.8) is 0 Å². The van der Waals surface area contributed by atoms with E-state index < -0.39 is 10.0 Å². The Morgan fingerprint density at radius 3 is 2.59 bits per heavy atom. The molecule has 0 spiro atoms. The maximum atomic E-state index is 12.4. The van der Waals surface area contributed by atoms with Gasteiger partial charge in [-0.15, -0.1) is 11.3 Å². The molecule has 0 aliphatic heterocycles. The minimum absolute atomic E-state index is 0.0648. The van der Waals surface area contributed by atoms with Gasteiger partial charge in [-0.25, -0.2) is 18.1 Å². The highest BCUT2D eigenvalue weighted by Crippen LogP contribution is 2.21. The minimum atomic E-state index is -3.68. The van der Waals surface area contributed by atoms with Crippen LogP contribution in [0.3, 0.4) is 0 Å². The molecule has 0 bridgehead atoms. The van der Waals surface area contributed by atoms with Crippen LogP contribution in [0.4, 0.5) is 0 Å². The first-order chi connectivity index (χ1) is 13.8. The highest BCUT2D eigenvalue weighted by Gasteiger charge is 2.17. The van der Waals surface area contributed by atoms with Crippen LogP contribution in [0.2, 0.25) is 5.02 Å². The van der Waals surface area contributed by atoms with Gasteiger partial charge in [0.1, 0.15) is 4.88 Å². The van der Waals surface area contributed by atoms with Crippen LogP contribution in [-0.4, -0.2) is 32.4 Å². The predicted molar refractivity (Wildman–Crippen MR) is 115 cm³/mol. The van der Waals surface area contributed by atoms with Gasteiger partial charge >= 0.3 is 0 Å². The van der Waals surface area contributed by atoms with E-state index in [1.54, 1.807) is 19.1 Å². The number of halogens is 1. The third-order valence-electron chi connectivity index (χ3n) is 4.05. The van der Waals surface area contributed by atoms with Crippen molar-refractivity contribution >= 4 is 38.9 Å². The van der Waals surface area contributed by atoms with E-state index in [0.29, 0.717) is 22.0 Å². The van der Waals surface area contributed by atoms with Crippen LogP contribution in [0.25, 0.3) is 0 Å². The molecule has 0 saturated carbocycles. The molecular formula is C20H20ClN3O3S2. The topological polar surface area (TPSA) is 88.2 Å². The largest absolute Gasteiger partial charge is 0.350 e. The second kappa shape index (κ2) is 9.49. The molecule has 6 nitrogen and oxygen atoms in total. The SMILES string of the molecule is Cc1nc(Cc2ccccc2)sc1C(=O)NCCNS(=O)(=O)c1cccc(Cl)c1. The minimum Gasteiger partial charge on any atom is -0.350 e. The van der Waals surface area contributed by atoms with Crippen molar-refractivity contribution in [2.24, 2.45) is 0 Å². The number of hydrogen-bond acceptors (Lipinski definition) is 5. The smallest absolute Gasteiger partial charge is 0.263 e. The Bertz CT molecular complexity index is 1100. The van der Waals surface area contributed by atoms with Crippen LogP contribution in [-0.2, 0) is 16.4 Å². The molecule has 1 heterocycles. The zero-order valence-corrected chi connectivity index (χ0v) is 18.1. The second-order valence-electron chi connectivity index (χ2n) is 6.30. The Balaban J connectivity index is 1.53. The first kappa shape index (κ1) is 21.4. The van der Waals surface area contributed by atoms with Crippen molar-refractivity contribution in [3.8, 4) is 0 Å². The standard InChI is InChI=1S/C20H20ClN3O3S2/c1-14-19(28-18(24-14)12-15-6-3-2-4-7-15)20(25)22-10-11-23-29(26,27)17-9-5-8-16(21)13-17/h2-9,13,23H,10-12H2,1H3,(H,22,25). The Morgan fingerprint density at radius 2 is 1.86 bits per heavy atom. The van der Waals surface area contributed by atoms with E-state index in [0.717, 1.165) is 10.6 Å². The van der Waals surface area contributed by atoms with E-state index in [9.17, 15) is 13.2 Å². The summed E-state index contributed by atoms with van der Waals surface area (Å²) in [7, 11) is -3.68. The maximum absolute atomic E-state index is 12.4. The monoisotopic (exact) mass is 449 g/mol. The summed E-state index contributed by atoms with van der Waals surface area (Å²) in [5, 5.41) is 3.93. The highest BCUT2D eigenvalue weighted by molar-refractivity contribution is 7.89. The number of hydrogen-bond donors (Lipinski definition) is 2. The number of sulfonamides is 1. The average Bonchev–Trinajstić information content (AvgIpc) is 3.06. The first-order valence-electron chi connectivity index (χ1n) is 8.89. The summed E-state index contributed by atoms with van der Waals surface area (Å²) in [5.74, 6) is -0.263. The molecule has 2 aromatic carbocycles. The second-order valence-corrected chi connectivity index (χ2v) is 9.58. The lowest BCUT2D eigenvalue weighted by Gasteiger charge is -2.08. The Morgan fingerprint density at radius 1 is 1.10 bits per heavy atom. The van der Waals surface area contributed by atoms with Gasteiger partial charge in [0.25, 0.3) is 5.91 Å². The van der Waals surface area contributed by atoms with E-state index in [2.05, 4.69) is 15.0 Å². The molecule has 3 aromatic rings. The molecule has 0 radical (unpaired) electrons. The van der Waals surface area contributed by atoms with Crippen LogP contribution in [0, 0.1) is 6.92 Å². The van der Waals surface area contributed by atoms with Crippen molar-refractivity contribution in [2.75, 3.05) is 13.1 Å². The molecule has 0 aliphatic carbocycles. The Labute approximate surface area is 179 Å². The average molecular weight is 450 g/mol. The lowest BCUT2D eigenvalue weighted by molar-refractivity contribution is 0.0957. The molecule has 1 aromatic heterocycles. The molecule has 0 aliphatic rings. The van der Waals surface area contributed by atoms with Gasteiger partial charge in [-0.1, -0.05) is 48.0 Å². The molecule has 0 saturated heterocycles. The van der Waals surface area contributed by atoms with Crippen LogP contribution < -0.4 is 10.0 Å². The van der Waals surface area contributed by atoms with E-state index >= 15 is 0 Å². The quantitative estimate of drug-likeness (QED) is 0.516. The van der Waals surface area contributed by atoms with Gasteiger partial charge in [0.2, 0.25) is 10.0 Å². The molecule has 2 N–H and O–H groups in total. The molecule has 152 valence electrons. The number of nitrogens with one attached hydrogen (secondary N) is 2. The summed E-state index contributed by atoms with van der Waals surface area (Å²) in [6.45, 7) is 2.01. The van der Waals surface area contributed by atoms with Gasteiger partial charge in [0.15, 0.2) is 0 Å². The molecular weight excluding hydrogens is 430 g/mol. The third kappa shape index (κ3) is 5.86. The third-order valence-corrected chi connectivity index (χ3v) is 6.90. The molecule has 0 unspecified atom stereocenters. The fraction of sp³-hybridized carbons (Fsp3) is 0.200. The first-order valence-corrected chi connectivity index (χ1v) is 11.6. The number of carbonyl (C=O) groups excluding carboxylic acids is 1. The summed E-state index contributed by atoms with van der Waals surface area (Å²) in [6, 6.07) is 15.9. The van der Waals surface area contributed by atoms with Crippen LogP contribution in [0.5, 0.6) is 0 Å². The zero-order valence-electron chi connectivity index (χ0n) is 15.7. The highest BCUT2D eigenvalue weighted by atomic mass is 35.5. The number of aromatic nitrogens is 1. The molecule has 0 fully saturated rings. The van der Waals surface area contributed by atoms with Gasteiger partial charge in [-0.3, -0.25) is 4.79 Å². The lowest BCUT2D eigenvalue weighted by atomic mass is 10.2. The van der Waals surface area contributed by atoms with E-state index in [-0.39, 0.29) is 23.9 Å². The zero-order chi connectivity index (χ0) is 20.9. The molecule has 1 amide bonds. The number of aryl methyl sites for hydroxylation is 1. The number of amides is 1. The van der Waals surface area contributed by atoms with Crippen molar-refractivity contribution in [3.05, 3.63) is 80.8 Å². The van der Waals surface area contributed by atoms with Crippen molar-refractivity contribution in [1.29, 1.82) is 0 Å². The van der Waals surface area contributed by atoms with Gasteiger partial charge in [-0.2, -0.15) is 0 Å². The number of nitrogens with zero attached hydrogens (tertiary/aromatic N) is 1. The van der Waals surface area contributed by atoms with E-state index in [1.807, 2.05) is 30.3 Å². The molecule has 9 heteroatoms. The maximum Gasteiger partial charge on any atom is 0.263 e. The van der Waals surface area contributed by atoms with Crippen LogP contribution >= 0.6 is 22.9 Å². The van der Waals surface area contributed by atoms with Gasteiger partial charge in [0, 0.05) is 24.5 Å². The molecule has 0 atom stereocenters. The van der Waals surface area contributed by atoms with Gasteiger partial charge in [-0.05, 0) is 30.7 Å². The van der Waals surface area contributed by atoms with E-state index in [4.69, 9.17) is 11.6 Å². The van der Waals surface area contributed by atoms with Gasteiger partial charge < -0.3 is 5.32 Å². The molecule has 29 heavy (non-hydrogen) atoms. The van der Waals surface area contributed by atoms with E-state index in [1.165, 1.54) is 23.5 Å². The summed E-state index contributed by atoms with van der Waals surface area (Å²) < 4.78 is 26.9. The van der Waals surface area contributed by atoms with Crippen LogP contribution in [0.1, 0.15) is 25.9 Å². The van der Waals surface area contributed by atoms with Crippen molar-refractivity contribution < 1.29 is 13.2 Å². The number of carbonyl (C=O) groups is 1. The number of rotatable bonds is 8. The normalized spacial score (nSPS) is 11.4. The summed E-state index contributed by atoms with van der Waals surface area (Å²) >= 11 is 7.18. The number of benzene rings is 2. The van der Waals surface area contributed by atoms with Crippen LogP contribution in [0.15, 0.2) is 59.5 Å². The number of thiazole rings is 1. The Hall–Kier alpha value is -2.26. The fourth-order valence-corrected chi connectivity index (χ4v) is 5.02. The van der Waals surface area contributed by atoms with Gasteiger partial charge in [0.05, 0.1) is 15.6 Å². The summed E-state index contributed by atoms with van der Waals surface area (Å²) in [6.07, 6.45) is 0.666. The predicted octanol–water partition coefficient (Wildman–Crippen LogP) is 3.40. The Kier molecular flexibility index (Phi) is 7.02. The van der Waals surface area contributed by atoms with Crippen molar-refractivity contribution in [1.82, 2.24) is 15.0 Å². The van der Waals surface area contributed by atoms with Crippen molar-refractivity contribution in [2.45, 2.75) is 18.2 Å².